The number of ether oxygens (including phenoxy) is 1. The Kier molecular flexibility index (Phi) is 36.0. The van der Waals surface area contributed by atoms with Crippen LogP contribution in [-0.4, -0.2) is 244 Å². The molecule has 0 aliphatic carbocycles. The van der Waals surface area contributed by atoms with Crippen LogP contribution in [0.1, 0.15) is 91.8 Å². The minimum Gasteiger partial charge on any atom is -0.480 e. The number of fused-ring (bicyclic) bond motifs is 1. The molecule has 6 aromatic rings. The number of carboxylic acid groups (broad SMARTS) is 3. The second-order valence-electron chi connectivity index (χ2n) is 30.1. The molecule has 8 rings (SSSR count). The van der Waals surface area contributed by atoms with Crippen molar-refractivity contribution < 1.29 is 87.5 Å². The Morgan fingerprint density at radius 3 is 1.50 bits per heavy atom. The van der Waals surface area contributed by atoms with Crippen molar-refractivity contribution in [1.29, 1.82) is 5.41 Å². The molecule has 2 heterocycles. The van der Waals surface area contributed by atoms with E-state index in [0.29, 0.717) is 77.7 Å². The van der Waals surface area contributed by atoms with Crippen LogP contribution in [0.25, 0.3) is 10.8 Å². The molecule has 0 unspecified atom stereocenters. The molecule has 2 aliphatic heterocycles. The summed E-state index contributed by atoms with van der Waals surface area (Å²) >= 11 is 6.28. The van der Waals surface area contributed by atoms with Gasteiger partial charge in [0.05, 0.1) is 45.5 Å². The minimum absolute atomic E-state index is 0.0158. The molecule has 119 heavy (non-hydrogen) atoms. The van der Waals surface area contributed by atoms with Crippen LogP contribution in [0.2, 0.25) is 5.02 Å². The van der Waals surface area contributed by atoms with Crippen molar-refractivity contribution in [1.82, 2.24) is 67.9 Å². The van der Waals surface area contributed by atoms with Gasteiger partial charge in [-0.3, -0.25) is 82.9 Å². The highest BCUT2D eigenvalue weighted by molar-refractivity contribution is 6.30. The van der Waals surface area contributed by atoms with Gasteiger partial charge < -0.3 is 89.4 Å². The smallest absolute Gasteiger partial charge is 0.317 e. The van der Waals surface area contributed by atoms with Crippen molar-refractivity contribution in [3.8, 4) is 0 Å². The fourth-order valence-corrected chi connectivity index (χ4v) is 14.2. The zero-order valence-electron chi connectivity index (χ0n) is 66.6. The molecule has 0 saturated carbocycles. The quantitative estimate of drug-likeness (QED) is 0.0141. The molecule has 35 heteroatoms. The maximum absolute atomic E-state index is 15.6. The van der Waals surface area contributed by atoms with Crippen LogP contribution in [0.4, 0.5) is 0 Å². The normalized spacial score (nSPS) is 15.7. The van der Waals surface area contributed by atoms with Crippen LogP contribution in [0, 0.1) is 11.3 Å². The number of nitrogens with one attached hydrogen (secondary N) is 11. The Labute approximate surface area is 693 Å². The van der Waals surface area contributed by atoms with E-state index < -0.39 is 164 Å². The van der Waals surface area contributed by atoms with E-state index in [1.165, 1.54) is 16.7 Å². The van der Waals surface area contributed by atoms with Crippen LogP contribution in [0.5, 0.6) is 0 Å². The predicted octanol–water partition coefficient (Wildman–Crippen LogP) is 0.529. The van der Waals surface area contributed by atoms with Crippen molar-refractivity contribution in [3.63, 3.8) is 0 Å². The lowest BCUT2D eigenvalue weighted by Gasteiger charge is -2.31. The number of benzene rings is 6. The second kappa shape index (κ2) is 46.3. The lowest BCUT2D eigenvalue weighted by atomic mass is 9.97. The third-order valence-electron chi connectivity index (χ3n) is 20.2. The molecule has 10 atom stereocenters. The van der Waals surface area contributed by atoms with Crippen molar-refractivity contribution in [3.05, 3.63) is 190 Å². The third kappa shape index (κ3) is 30.2. The van der Waals surface area contributed by atoms with Crippen molar-refractivity contribution in [2.24, 2.45) is 17.4 Å². The number of aliphatic hydroxyl groups excluding tert-OH is 1. The van der Waals surface area contributed by atoms with Crippen LogP contribution in [-0.2, 0) is 112 Å². The molecule has 10 amide bonds. The predicted molar refractivity (Wildman–Crippen MR) is 440 cm³/mol. The first-order valence-electron chi connectivity index (χ1n) is 39.4. The van der Waals surface area contributed by atoms with E-state index in [1.807, 2.05) is 42.5 Å². The summed E-state index contributed by atoms with van der Waals surface area (Å²) in [6.45, 7) is 4.97. The molecule has 19 N–H and O–H groups in total. The fourth-order valence-electron chi connectivity index (χ4n) is 14.0. The second-order valence-corrected chi connectivity index (χ2v) is 30.5. The topological polar surface area (TPSA) is 518 Å². The van der Waals surface area contributed by atoms with E-state index >= 15 is 24.0 Å². The van der Waals surface area contributed by atoms with Gasteiger partial charge in [0.15, 0.2) is 5.96 Å². The molecule has 6 aromatic carbocycles. The number of aliphatic hydroxyl groups is 1. The summed E-state index contributed by atoms with van der Waals surface area (Å²) in [5.41, 5.74) is 15.0. The van der Waals surface area contributed by atoms with Gasteiger partial charge in [-0.1, -0.05) is 159 Å². The van der Waals surface area contributed by atoms with Gasteiger partial charge in [0, 0.05) is 70.0 Å². The summed E-state index contributed by atoms with van der Waals surface area (Å²) in [6, 6.07) is 26.8. The number of morpholine rings is 1. The van der Waals surface area contributed by atoms with Crippen molar-refractivity contribution in [2.45, 2.75) is 158 Å². The van der Waals surface area contributed by atoms with Gasteiger partial charge in [0.2, 0.25) is 59.1 Å². The van der Waals surface area contributed by atoms with Gasteiger partial charge in [-0.05, 0) is 113 Å². The molecule has 2 saturated heterocycles. The maximum atomic E-state index is 15.6. The SMILES string of the molecule is CC(C)C[C@H](NC(=O)[C@@H](Cc1ccc(CN(CC(=O)O)CC(=O)O)cc1)NC(=O)[C@H](Cc1ccc(CN2CCOCC2)cc1)NC(=O)[C@H](CO)NC(=O)[C@@H](Cc1ccccc1)NC(=O)[C@@H](Cc1ccc(Cl)cc1)NC(=O)[C@@H](Cc1cccc2ccccc12)NCC(=O)O)C(=O)N[C@@H](CCCNC(=N)N)C(=O)N1CCC[C@H]1C(=O)N[C@H](C)C(N)=O. The molecular weight excluding hydrogens is 1560 g/mol. The number of nitrogens with two attached hydrogens (primary N) is 2. The Morgan fingerprint density at radius 1 is 0.521 bits per heavy atom. The number of rotatable bonds is 46. The third-order valence-corrected chi connectivity index (χ3v) is 20.5. The number of primary amides is 1. The number of amides is 10. The minimum atomic E-state index is -1.88. The molecule has 34 nitrogen and oxygen atoms in total. The van der Waals surface area contributed by atoms with Crippen LogP contribution in [0.15, 0.2) is 146 Å². The summed E-state index contributed by atoms with van der Waals surface area (Å²) in [5, 5.41) is 77.1. The lowest BCUT2D eigenvalue weighted by molar-refractivity contribution is -0.142. The van der Waals surface area contributed by atoms with Crippen LogP contribution < -0.4 is 64.6 Å². The number of halogens is 1. The molecule has 638 valence electrons. The lowest BCUT2D eigenvalue weighted by Crippen LogP contribution is -2.62. The largest absolute Gasteiger partial charge is 0.480 e. The average molecular weight is 1660 g/mol. The van der Waals surface area contributed by atoms with Crippen LogP contribution >= 0.6 is 11.6 Å². The molecule has 0 radical (unpaired) electrons. The number of hydrogen-bond acceptors (Lipinski definition) is 19. The molecule has 2 fully saturated rings. The van der Waals surface area contributed by atoms with Gasteiger partial charge in [0.1, 0.15) is 54.4 Å². The number of carbonyl (C=O) groups is 13. The fraction of sp³-hybridized carbons (Fsp3) is 0.429. The van der Waals surface area contributed by atoms with Gasteiger partial charge >= 0.3 is 17.9 Å². The number of carbonyl (C=O) groups excluding carboxylic acids is 10. The average Bonchev–Trinajstić information content (AvgIpc) is 1.81. The monoisotopic (exact) mass is 1660 g/mol. The summed E-state index contributed by atoms with van der Waals surface area (Å²) in [4.78, 5) is 186. The van der Waals surface area contributed by atoms with Gasteiger partial charge in [-0.2, -0.15) is 0 Å². The van der Waals surface area contributed by atoms with Crippen LogP contribution in [0.3, 0.4) is 0 Å². The number of hydrogen-bond donors (Lipinski definition) is 17. The van der Waals surface area contributed by atoms with Crippen molar-refractivity contribution >= 4 is 105 Å². The summed E-state index contributed by atoms with van der Waals surface area (Å²) in [7, 11) is 0. The summed E-state index contributed by atoms with van der Waals surface area (Å²) in [6.07, 6.45) is -0.448. The van der Waals surface area contributed by atoms with E-state index in [-0.39, 0.29) is 89.3 Å². The molecule has 0 bridgehead atoms. The van der Waals surface area contributed by atoms with Gasteiger partial charge in [0.25, 0.3) is 0 Å². The summed E-state index contributed by atoms with van der Waals surface area (Å²) < 4.78 is 5.55. The Hall–Kier alpha value is -11.9. The highest BCUT2D eigenvalue weighted by Crippen LogP contribution is 2.24. The molecule has 2 aliphatic rings. The number of carboxylic acids is 3. The van der Waals surface area contributed by atoms with E-state index in [0.717, 1.165) is 16.3 Å². The maximum Gasteiger partial charge on any atom is 0.317 e. The molecule has 0 spiro atoms. The number of aliphatic carboxylic acids is 3. The van der Waals surface area contributed by atoms with E-state index in [4.69, 9.17) is 33.2 Å². The van der Waals surface area contributed by atoms with Crippen molar-refractivity contribution in [2.75, 3.05) is 65.6 Å². The number of nitrogens with zero attached hydrogens (tertiary/aromatic N) is 3. The number of likely N-dealkylation sites (tertiary alicyclic amines) is 1. The first kappa shape index (κ1) is 92.6. The molecule has 0 aromatic heterocycles. The van der Waals surface area contributed by atoms with E-state index in [1.54, 1.807) is 117 Å². The van der Waals surface area contributed by atoms with Gasteiger partial charge in [-0.15, -0.1) is 0 Å². The summed E-state index contributed by atoms with van der Waals surface area (Å²) in [5.74, 6) is -13.3. The standard InChI is InChI=1S/C84H107ClN16O18/c1-50(2)38-64(76(111)92-62(18-10-32-89-84(87)88)83(118)101-33-11-19-70(101)82(117)91-51(3)74(86)109)93-77(112)67(40-54-22-26-57(27-23-54)46-100(47-72(105)106)48-73(107)108)96-79(114)68(41-53-20-24-56(25-21-53)45-99-34-36-119-37-35-99)97-81(116)69(49-102)98-80(115)65(39-52-12-5-4-6-13-52)95-78(113)66(42-55-28-30-60(85)31-29-55)94-75(110)63(90-44-71(103)104)43-59-16-9-15-58-14-7-8-17-61(58)59/h4-9,12-17,20-31,50-51,62-70,90,102H,10-11,18-19,32-49H2,1-3H3,(H2,86,109)(H,91,117)(H,92,111)(H,93,112)(H,94,110)(H,95,113)(H,96,114)(H,97,116)(H,98,115)(H,103,104)(H,105,106)(H,107,108)(H4,87,88,89)/t51-,62+,63-,64+,65-,66-,67-,68+,69+,70+/m1/s1. The van der Waals surface area contributed by atoms with E-state index in [2.05, 4.69) is 58.1 Å². The van der Waals surface area contributed by atoms with E-state index in [9.17, 15) is 58.8 Å². The number of guanidine groups is 1. The Bertz CT molecular complexity index is 4480. The Balaban J connectivity index is 1.11. The highest BCUT2D eigenvalue weighted by atomic mass is 35.5. The van der Waals surface area contributed by atoms with Gasteiger partial charge in [-0.25, -0.2) is 0 Å². The first-order chi connectivity index (χ1) is 56.9. The molecular formula is C84H107ClN16O18. The zero-order valence-corrected chi connectivity index (χ0v) is 67.4. The highest BCUT2D eigenvalue weighted by Gasteiger charge is 2.41. The zero-order chi connectivity index (χ0) is 86.2. The first-order valence-corrected chi connectivity index (χ1v) is 39.8. The Morgan fingerprint density at radius 2 is 0.983 bits per heavy atom.